The number of benzene rings is 1. The van der Waals surface area contributed by atoms with Crippen molar-refractivity contribution in [1.29, 1.82) is 0 Å². The van der Waals surface area contributed by atoms with Crippen molar-refractivity contribution in [3.63, 3.8) is 0 Å². The highest BCUT2D eigenvalue weighted by molar-refractivity contribution is 5.68. The average Bonchev–Trinajstić information content (AvgIpc) is 2.39. The summed E-state index contributed by atoms with van der Waals surface area (Å²) < 4.78 is 18.3. The molecule has 0 radical (unpaired) electrons. The predicted octanol–water partition coefficient (Wildman–Crippen LogP) is 4.43. The van der Waals surface area contributed by atoms with Gasteiger partial charge in [-0.1, -0.05) is 39.5 Å². The Labute approximate surface area is 121 Å². The summed E-state index contributed by atoms with van der Waals surface area (Å²) in [4.78, 5) is 0. The minimum atomic E-state index is -0.427. The van der Waals surface area contributed by atoms with Gasteiger partial charge in [-0.3, -0.25) is 0 Å². The molecule has 0 atom stereocenters. The Morgan fingerprint density at radius 2 is 1.90 bits per heavy atom. The number of hydrogen-bond donors (Lipinski definition) is 2. The molecule has 0 saturated heterocycles. The van der Waals surface area contributed by atoms with Crippen LogP contribution < -0.4 is 15.8 Å². The van der Waals surface area contributed by atoms with E-state index in [0.717, 1.165) is 24.6 Å². The zero-order valence-electron chi connectivity index (χ0n) is 12.8. The van der Waals surface area contributed by atoms with E-state index >= 15 is 0 Å². The number of nitrogens with one attached hydrogen (secondary N) is 1. The Morgan fingerprint density at radius 3 is 2.55 bits per heavy atom. The molecule has 0 bridgehead atoms. The lowest BCUT2D eigenvalue weighted by Crippen LogP contribution is -2.05. The van der Waals surface area contributed by atoms with Gasteiger partial charge in [-0.2, -0.15) is 0 Å². The molecule has 0 saturated carbocycles. The van der Waals surface area contributed by atoms with E-state index in [1.807, 2.05) is 0 Å². The fourth-order valence-corrected chi connectivity index (χ4v) is 2.13. The zero-order chi connectivity index (χ0) is 15.0. The standard InChI is InChI=1S/C16H27FN2O/c1-12(2)8-6-4-5-7-9-19-15-11-16(20-3)13(17)10-14(15)18/h10-12,19H,4-9,18H2,1-3H3. The molecule has 1 rings (SSSR count). The lowest BCUT2D eigenvalue weighted by molar-refractivity contribution is 0.387. The van der Waals surface area contributed by atoms with Gasteiger partial charge >= 0.3 is 0 Å². The van der Waals surface area contributed by atoms with Crippen LogP contribution in [0.4, 0.5) is 15.8 Å². The van der Waals surface area contributed by atoms with E-state index in [4.69, 9.17) is 10.5 Å². The van der Waals surface area contributed by atoms with Gasteiger partial charge in [-0.25, -0.2) is 4.39 Å². The van der Waals surface area contributed by atoms with Crippen molar-refractivity contribution in [3.8, 4) is 5.75 Å². The molecule has 3 nitrogen and oxygen atoms in total. The summed E-state index contributed by atoms with van der Waals surface area (Å²) in [5, 5.41) is 3.24. The second-order valence-corrected chi connectivity index (χ2v) is 5.60. The number of anilines is 2. The molecule has 0 heterocycles. The Balaban J connectivity index is 2.28. The summed E-state index contributed by atoms with van der Waals surface area (Å²) in [5.74, 6) is 0.586. The lowest BCUT2D eigenvalue weighted by Gasteiger charge is -2.12. The van der Waals surface area contributed by atoms with Crippen LogP contribution in [0.2, 0.25) is 0 Å². The van der Waals surface area contributed by atoms with Crippen molar-refractivity contribution >= 4 is 11.4 Å². The molecule has 3 N–H and O–H groups in total. The van der Waals surface area contributed by atoms with E-state index in [-0.39, 0.29) is 5.75 Å². The normalized spacial score (nSPS) is 10.8. The number of halogens is 1. The molecule has 0 aliphatic rings. The first-order valence-corrected chi connectivity index (χ1v) is 7.41. The average molecular weight is 282 g/mol. The van der Waals surface area contributed by atoms with E-state index in [0.29, 0.717) is 5.69 Å². The van der Waals surface area contributed by atoms with E-state index in [1.54, 1.807) is 6.07 Å². The van der Waals surface area contributed by atoms with Crippen molar-refractivity contribution in [1.82, 2.24) is 0 Å². The van der Waals surface area contributed by atoms with Crippen molar-refractivity contribution in [2.75, 3.05) is 24.7 Å². The topological polar surface area (TPSA) is 47.3 Å². The van der Waals surface area contributed by atoms with Crippen molar-refractivity contribution in [2.24, 2.45) is 5.92 Å². The van der Waals surface area contributed by atoms with Gasteiger partial charge in [-0.15, -0.1) is 0 Å². The highest BCUT2D eigenvalue weighted by Gasteiger charge is 2.07. The second kappa shape index (κ2) is 8.67. The molecule has 114 valence electrons. The van der Waals surface area contributed by atoms with Gasteiger partial charge in [0.2, 0.25) is 0 Å². The van der Waals surface area contributed by atoms with E-state index in [2.05, 4.69) is 19.2 Å². The Hall–Kier alpha value is -1.45. The first-order valence-electron chi connectivity index (χ1n) is 7.41. The molecule has 0 aromatic heterocycles. The number of unbranched alkanes of at least 4 members (excludes halogenated alkanes) is 3. The van der Waals surface area contributed by atoms with E-state index < -0.39 is 5.82 Å². The summed E-state index contributed by atoms with van der Waals surface area (Å²) in [7, 11) is 1.45. The minimum Gasteiger partial charge on any atom is -0.494 e. The lowest BCUT2D eigenvalue weighted by atomic mass is 10.0. The van der Waals surface area contributed by atoms with Gasteiger partial charge in [0.1, 0.15) is 0 Å². The summed E-state index contributed by atoms with van der Waals surface area (Å²) in [6, 6.07) is 2.91. The quantitative estimate of drug-likeness (QED) is 0.520. The first-order chi connectivity index (χ1) is 9.54. The number of nitrogen functional groups attached to an aromatic ring is 1. The molecule has 1 aromatic rings. The Bertz CT molecular complexity index is 408. The molecule has 0 unspecified atom stereocenters. The molecular formula is C16H27FN2O. The smallest absolute Gasteiger partial charge is 0.167 e. The van der Waals surface area contributed by atoms with Gasteiger partial charge in [0.05, 0.1) is 18.5 Å². The second-order valence-electron chi connectivity index (χ2n) is 5.60. The van der Waals surface area contributed by atoms with Gasteiger partial charge in [0.25, 0.3) is 0 Å². The van der Waals surface area contributed by atoms with Crippen LogP contribution in [0.1, 0.15) is 46.0 Å². The largest absolute Gasteiger partial charge is 0.494 e. The summed E-state index contributed by atoms with van der Waals surface area (Å²) >= 11 is 0. The van der Waals surface area contributed by atoms with Crippen molar-refractivity contribution < 1.29 is 9.13 Å². The third-order valence-electron chi connectivity index (χ3n) is 3.35. The number of methoxy groups -OCH3 is 1. The third-order valence-corrected chi connectivity index (χ3v) is 3.35. The molecule has 0 aliphatic heterocycles. The fourth-order valence-electron chi connectivity index (χ4n) is 2.13. The van der Waals surface area contributed by atoms with Crippen molar-refractivity contribution in [2.45, 2.75) is 46.0 Å². The van der Waals surface area contributed by atoms with Crippen LogP contribution in [-0.2, 0) is 0 Å². The molecule has 1 aromatic carbocycles. The maximum Gasteiger partial charge on any atom is 0.167 e. The van der Waals surface area contributed by atoms with E-state index in [9.17, 15) is 4.39 Å². The summed E-state index contributed by atoms with van der Waals surface area (Å²) in [5.41, 5.74) is 6.94. The highest BCUT2D eigenvalue weighted by Crippen LogP contribution is 2.27. The van der Waals surface area contributed by atoms with Gasteiger partial charge in [0.15, 0.2) is 11.6 Å². The van der Waals surface area contributed by atoms with Gasteiger partial charge in [0, 0.05) is 18.7 Å². The molecule has 20 heavy (non-hydrogen) atoms. The molecule has 0 fully saturated rings. The third kappa shape index (κ3) is 5.68. The molecule has 0 spiro atoms. The monoisotopic (exact) mass is 282 g/mol. The Morgan fingerprint density at radius 1 is 1.20 bits per heavy atom. The van der Waals surface area contributed by atoms with Crippen LogP contribution in [-0.4, -0.2) is 13.7 Å². The predicted molar refractivity (Wildman–Crippen MR) is 83.8 cm³/mol. The van der Waals surface area contributed by atoms with Crippen molar-refractivity contribution in [3.05, 3.63) is 17.9 Å². The van der Waals surface area contributed by atoms with Crippen LogP contribution in [0.3, 0.4) is 0 Å². The molecule has 0 amide bonds. The number of hydrogen-bond acceptors (Lipinski definition) is 3. The van der Waals surface area contributed by atoms with Gasteiger partial charge < -0.3 is 15.8 Å². The highest BCUT2D eigenvalue weighted by atomic mass is 19.1. The summed E-state index contributed by atoms with van der Waals surface area (Å²) in [6.07, 6.45) is 6.16. The van der Waals surface area contributed by atoms with Crippen LogP contribution in [0.15, 0.2) is 12.1 Å². The fraction of sp³-hybridized carbons (Fsp3) is 0.625. The zero-order valence-corrected chi connectivity index (χ0v) is 12.8. The van der Waals surface area contributed by atoms with Crippen LogP contribution in [0.5, 0.6) is 5.75 Å². The summed E-state index contributed by atoms with van der Waals surface area (Å²) in [6.45, 7) is 5.36. The number of nitrogens with two attached hydrogens (primary N) is 1. The maximum absolute atomic E-state index is 13.4. The maximum atomic E-state index is 13.4. The first kappa shape index (κ1) is 16.6. The van der Waals surface area contributed by atoms with Gasteiger partial charge in [-0.05, 0) is 12.3 Å². The van der Waals surface area contributed by atoms with E-state index in [1.165, 1.54) is 38.9 Å². The SMILES string of the molecule is COc1cc(NCCCCCCC(C)C)c(N)cc1F. The molecule has 4 heteroatoms. The molecule has 0 aliphatic carbocycles. The van der Waals surface area contributed by atoms with Crippen LogP contribution in [0.25, 0.3) is 0 Å². The minimum absolute atomic E-state index is 0.221. The van der Waals surface area contributed by atoms with Crippen LogP contribution in [0, 0.1) is 11.7 Å². The number of rotatable bonds is 9. The molecular weight excluding hydrogens is 255 g/mol. The number of ether oxygens (including phenoxy) is 1. The Kier molecular flexibility index (Phi) is 7.20. The van der Waals surface area contributed by atoms with Crippen LogP contribution >= 0.6 is 0 Å².